The number of amides is 1. The van der Waals surface area contributed by atoms with Crippen molar-refractivity contribution in [3.8, 4) is 5.69 Å². The van der Waals surface area contributed by atoms with E-state index in [0.717, 1.165) is 16.9 Å². The SMILES string of the molecule is O=C(NCC1(C(=O)O)CCOCC1)c1cn(-c2ccccc2C(F)(F)F)nn1. The number of ether oxygens (including phenoxy) is 1. The fraction of sp³-hybridized carbons (Fsp3) is 0.412. The number of alkyl halides is 3. The number of hydrogen-bond acceptors (Lipinski definition) is 5. The highest BCUT2D eigenvalue weighted by molar-refractivity contribution is 5.92. The van der Waals surface area contributed by atoms with Gasteiger partial charge in [-0.1, -0.05) is 17.3 Å². The molecule has 0 spiro atoms. The van der Waals surface area contributed by atoms with Crippen LogP contribution in [0.5, 0.6) is 0 Å². The van der Waals surface area contributed by atoms with E-state index in [4.69, 9.17) is 4.74 Å². The van der Waals surface area contributed by atoms with Crippen molar-refractivity contribution in [1.29, 1.82) is 0 Å². The standard InChI is InChI=1S/C17H17F3N4O4/c18-17(19,20)11-3-1-2-4-13(11)24-9-12(22-23-24)14(25)21-10-16(15(26)27)5-7-28-8-6-16/h1-4,9H,5-8,10H2,(H,21,25)(H,26,27). The molecule has 2 heterocycles. The Labute approximate surface area is 157 Å². The average Bonchev–Trinajstić information content (AvgIpc) is 3.16. The van der Waals surface area contributed by atoms with Crippen molar-refractivity contribution in [3.63, 3.8) is 0 Å². The summed E-state index contributed by atoms with van der Waals surface area (Å²) in [6.45, 7) is 0.398. The van der Waals surface area contributed by atoms with E-state index in [1.165, 1.54) is 18.2 Å². The molecular weight excluding hydrogens is 381 g/mol. The number of aromatic nitrogens is 3. The van der Waals surface area contributed by atoms with Crippen LogP contribution in [0.4, 0.5) is 13.2 Å². The highest BCUT2D eigenvalue weighted by Gasteiger charge is 2.40. The first-order chi connectivity index (χ1) is 13.2. The summed E-state index contributed by atoms with van der Waals surface area (Å²) in [5.41, 5.74) is -2.55. The van der Waals surface area contributed by atoms with E-state index in [1.54, 1.807) is 0 Å². The Hall–Kier alpha value is -2.95. The molecule has 150 valence electrons. The minimum absolute atomic E-state index is 0.142. The fourth-order valence-corrected chi connectivity index (χ4v) is 2.97. The van der Waals surface area contributed by atoms with Crippen LogP contribution < -0.4 is 5.32 Å². The number of hydrogen-bond donors (Lipinski definition) is 2. The number of nitrogens with zero attached hydrogens (tertiary/aromatic N) is 3. The number of carboxylic acid groups (broad SMARTS) is 1. The summed E-state index contributed by atoms with van der Waals surface area (Å²) in [5.74, 6) is -1.76. The molecule has 0 bridgehead atoms. The lowest BCUT2D eigenvalue weighted by atomic mass is 9.80. The van der Waals surface area contributed by atoms with E-state index in [-0.39, 0.29) is 44.0 Å². The van der Waals surface area contributed by atoms with Gasteiger partial charge in [0.1, 0.15) is 0 Å². The highest BCUT2D eigenvalue weighted by atomic mass is 19.4. The summed E-state index contributed by atoms with van der Waals surface area (Å²) in [7, 11) is 0. The molecular formula is C17H17F3N4O4. The van der Waals surface area contributed by atoms with Crippen LogP contribution in [-0.2, 0) is 15.7 Å². The summed E-state index contributed by atoms with van der Waals surface area (Å²) < 4.78 is 45.4. The summed E-state index contributed by atoms with van der Waals surface area (Å²) in [5, 5.41) is 19.2. The molecule has 0 atom stereocenters. The Kier molecular flexibility index (Phi) is 5.36. The summed E-state index contributed by atoms with van der Waals surface area (Å²) >= 11 is 0. The van der Waals surface area contributed by atoms with Gasteiger partial charge in [0.05, 0.1) is 22.9 Å². The zero-order valence-electron chi connectivity index (χ0n) is 14.6. The van der Waals surface area contributed by atoms with Gasteiger partial charge in [-0.2, -0.15) is 13.2 Å². The van der Waals surface area contributed by atoms with Crippen molar-refractivity contribution in [2.45, 2.75) is 19.0 Å². The number of carbonyl (C=O) groups is 2. The summed E-state index contributed by atoms with van der Waals surface area (Å²) in [4.78, 5) is 23.9. The van der Waals surface area contributed by atoms with Crippen LogP contribution in [0.15, 0.2) is 30.5 Å². The summed E-state index contributed by atoms with van der Waals surface area (Å²) in [6, 6.07) is 4.77. The Balaban J connectivity index is 1.76. The molecule has 0 aliphatic carbocycles. The molecule has 1 aromatic heterocycles. The molecule has 28 heavy (non-hydrogen) atoms. The van der Waals surface area contributed by atoms with Gasteiger partial charge in [-0.15, -0.1) is 5.10 Å². The third kappa shape index (κ3) is 3.98. The molecule has 8 nitrogen and oxygen atoms in total. The topological polar surface area (TPSA) is 106 Å². The first kappa shape index (κ1) is 19.8. The highest BCUT2D eigenvalue weighted by Crippen LogP contribution is 2.33. The van der Waals surface area contributed by atoms with Gasteiger partial charge >= 0.3 is 12.1 Å². The minimum Gasteiger partial charge on any atom is -0.481 e. The van der Waals surface area contributed by atoms with E-state index in [0.29, 0.717) is 0 Å². The fourth-order valence-electron chi connectivity index (χ4n) is 2.97. The van der Waals surface area contributed by atoms with Crippen LogP contribution in [0.2, 0.25) is 0 Å². The van der Waals surface area contributed by atoms with E-state index in [1.807, 2.05) is 0 Å². The van der Waals surface area contributed by atoms with Crippen molar-refractivity contribution >= 4 is 11.9 Å². The van der Waals surface area contributed by atoms with Crippen LogP contribution in [0.3, 0.4) is 0 Å². The molecule has 3 rings (SSSR count). The van der Waals surface area contributed by atoms with Crippen molar-refractivity contribution < 1.29 is 32.6 Å². The normalized spacial score (nSPS) is 16.5. The Bertz CT molecular complexity index is 875. The van der Waals surface area contributed by atoms with Crippen LogP contribution in [0.25, 0.3) is 5.69 Å². The monoisotopic (exact) mass is 398 g/mol. The van der Waals surface area contributed by atoms with Gasteiger partial charge < -0.3 is 15.2 Å². The van der Waals surface area contributed by atoms with Crippen LogP contribution in [-0.4, -0.2) is 51.7 Å². The number of rotatable bonds is 5. The van der Waals surface area contributed by atoms with Crippen molar-refractivity contribution in [2.75, 3.05) is 19.8 Å². The Morgan fingerprint density at radius 2 is 1.93 bits per heavy atom. The van der Waals surface area contributed by atoms with Gasteiger partial charge in [-0.05, 0) is 25.0 Å². The van der Waals surface area contributed by atoms with E-state index < -0.39 is 29.0 Å². The molecule has 2 aromatic rings. The number of benzene rings is 1. The van der Waals surface area contributed by atoms with Gasteiger partial charge in [-0.3, -0.25) is 9.59 Å². The smallest absolute Gasteiger partial charge is 0.418 e. The average molecular weight is 398 g/mol. The van der Waals surface area contributed by atoms with Crippen molar-refractivity contribution in [2.24, 2.45) is 5.41 Å². The Morgan fingerprint density at radius 1 is 1.25 bits per heavy atom. The van der Waals surface area contributed by atoms with E-state index in [9.17, 15) is 27.9 Å². The molecule has 11 heteroatoms. The molecule has 1 aliphatic rings. The number of carbonyl (C=O) groups excluding carboxylic acids is 1. The second-order valence-electron chi connectivity index (χ2n) is 6.44. The third-order valence-corrected chi connectivity index (χ3v) is 4.67. The maximum Gasteiger partial charge on any atom is 0.418 e. The molecule has 1 fully saturated rings. The third-order valence-electron chi connectivity index (χ3n) is 4.67. The molecule has 1 saturated heterocycles. The largest absolute Gasteiger partial charge is 0.481 e. The molecule has 0 radical (unpaired) electrons. The van der Waals surface area contributed by atoms with Crippen LogP contribution >= 0.6 is 0 Å². The van der Waals surface area contributed by atoms with Gasteiger partial charge in [-0.25, -0.2) is 4.68 Å². The lowest BCUT2D eigenvalue weighted by Gasteiger charge is -2.32. The second kappa shape index (κ2) is 7.58. The molecule has 0 saturated carbocycles. The number of aliphatic carboxylic acids is 1. The maximum absolute atomic E-state index is 13.1. The van der Waals surface area contributed by atoms with Gasteiger partial charge in [0.15, 0.2) is 5.69 Å². The lowest BCUT2D eigenvalue weighted by Crippen LogP contribution is -2.46. The number of halogens is 3. The van der Waals surface area contributed by atoms with E-state index >= 15 is 0 Å². The minimum atomic E-state index is -4.60. The van der Waals surface area contributed by atoms with Crippen LogP contribution in [0.1, 0.15) is 28.9 Å². The second-order valence-corrected chi connectivity index (χ2v) is 6.44. The molecule has 1 aliphatic heterocycles. The molecule has 2 N–H and O–H groups in total. The van der Waals surface area contributed by atoms with Crippen LogP contribution in [0, 0.1) is 5.41 Å². The molecule has 0 unspecified atom stereocenters. The first-order valence-electron chi connectivity index (χ1n) is 8.41. The van der Waals surface area contributed by atoms with Gasteiger partial charge in [0.25, 0.3) is 5.91 Å². The number of nitrogens with one attached hydrogen (secondary N) is 1. The lowest BCUT2D eigenvalue weighted by molar-refractivity contribution is -0.154. The van der Waals surface area contributed by atoms with E-state index in [2.05, 4.69) is 15.6 Å². The predicted octanol–water partition coefficient (Wildman–Crippen LogP) is 1.90. The molecule has 1 amide bonds. The quantitative estimate of drug-likeness (QED) is 0.797. The Morgan fingerprint density at radius 3 is 2.57 bits per heavy atom. The predicted molar refractivity (Wildman–Crippen MR) is 88.8 cm³/mol. The number of para-hydroxylation sites is 1. The summed E-state index contributed by atoms with van der Waals surface area (Å²) in [6.07, 6.45) is -3.04. The van der Waals surface area contributed by atoms with Crippen molar-refractivity contribution in [1.82, 2.24) is 20.3 Å². The molecule has 1 aromatic carbocycles. The van der Waals surface area contributed by atoms with Gasteiger partial charge in [0, 0.05) is 19.8 Å². The van der Waals surface area contributed by atoms with Crippen molar-refractivity contribution in [3.05, 3.63) is 41.7 Å². The maximum atomic E-state index is 13.1. The zero-order chi connectivity index (χ0) is 20.4. The first-order valence-corrected chi connectivity index (χ1v) is 8.41. The van der Waals surface area contributed by atoms with Gasteiger partial charge in [0.2, 0.25) is 0 Å². The number of carboxylic acids is 1. The zero-order valence-corrected chi connectivity index (χ0v) is 14.6.